The monoisotopic (exact) mass is 349 g/mol. The van der Waals surface area contributed by atoms with Crippen molar-refractivity contribution in [3.05, 3.63) is 71.3 Å². The summed E-state index contributed by atoms with van der Waals surface area (Å²) in [6.45, 7) is 6.16. The van der Waals surface area contributed by atoms with Gasteiger partial charge in [0.1, 0.15) is 5.72 Å². The Morgan fingerprint density at radius 3 is 2.58 bits per heavy atom. The standard InChI is InChI=1S/C23H27NO2/c1-4-17(14-16-10-6-5-7-11-16)22(25)24-21-19-13-9-8-12-18(19)15-20(21)26-23(24,2)3/h5-13,17,20-21H,4,14-15H2,1-3H3. The highest BCUT2D eigenvalue weighted by Crippen LogP contribution is 2.48. The van der Waals surface area contributed by atoms with Gasteiger partial charge in [0.2, 0.25) is 5.91 Å². The number of rotatable bonds is 4. The molecule has 2 aromatic rings. The number of benzene rings is 2. The van der Waals surface area contributed by atoms with Crippen molar-refractivity contribution in [3.63, 3.8) is 0 Å². The molecule has 1 aliphatic heterocycles. The quantitative estimate of drug-likeness (QED) is 0.812. The molecule has 2 aromatic carbocycles. The normalized spacial score (nSPS) is 24.2. The van der Waals surface area contributed by atoms with Crippen molar-refractivity contribution in [2.75, 3.05) is 0 Å². The maximum absolute atomic E-state index is 13.6. The van der Waals surface area contributed by atoms with Crippen LogP contribution in [0.4, 0.5) is 0 Å². The molecule has 0 bridgehead atoms. The van der Waals surface area contributed by atoms with Gasteiger partial charge in [-0.1, -0.05) is 61.5 Å². The molecule has 0 N–H and O–H groups in total. The molecule has 1 heterocycles. The van der Waals surface area contributed by atoms with Crippen molar-refractivity contribution in [3.8, 4) is 0 Å². The molecule has 0 spiro atoms. The van der Waals surface area contributed by atoms with E-state index in [9.17, 15) is 4.79 Å². The number of hydrogen-bond acceptors (Lipinski definition) is 2. The maximum Gasteiger partial charge on any atom is 0.228 e. The zero-order valence-electron chi connectivity index (χ0n) is 15.8. The first-order chi connectivity index (χ1) is 12.5. The summed E-state index contributed by atoms with van der Waals surface area (Å²) in [6.07, 6.45) is 2.57. The second kappa shape index (κ2) is 6.55. The fraction of sp³-hybridized carbons (Fsp3) is 0.435. The summed E-state index contributed by atoms with van der Waals surface area (Å²) in [6, 6.07) is 18.8. The van der Waals surface area contributed by atoms with Crippen LogP contribution < -0.4 is 0 Å². The summed E-state index contributed by atoms with van der Waals surface area (Å²) in [5, 5.41) is 0. The molecule has 3 heteroatoms. The summed E-state index contributed by atoms with van der Waals surface area (Å²) in [4.78, 5) is 15.6. The van der Waals surface area contributed by atoms with Gasteiger partial charge in [-0.15, -0.1) is 0 Å². The molecule has 3 atom stereocenters. The van der Waals surface area contributed by atoms with Gasteiger partial charge in [0.25, 0.3) is 0 Å². The average molecular weight is 349 g/mol. The Bertz CT molecular complexity index is 799. The Morgan fingerprint density at radius 1 is 1.15 bits per heavy atom. The number of nitrogens with zero attached hydrogens (tertiary/aromatic N) is 1. The van der Waals surface area contributed by atoms with E-state index in [0.717, 1.165) is 19.3 Å². The third-order valence-corrected chi connectivity index (χ3v) is 5.85. The predicted molar refractivity (Wildman–Crippen MR) is 103 cm³/mol. The van der Waals surface area contributed by atoms with E-state index in [1.165, 1.54) is 16.7 Å². The second-order valence-electron chi connectivity index (χ2n) is 7.95. The molecule has 1 aliphatic carbocycles. The minimum Gasteiger partial charge on any atom is -0.350 e. The van der Waals surface area contributed by atoms with Crippen LogP contribution in [0.3, 0.4) is 0 Å². The molecule has 3 unspecified atom stereocenters. The number of hydrogen-bond donors (Lipinski definition) is 0. The van der Waals surface area contributed by atoms with Crippen LogP contribution in [-0.2, 0) is 22.4 Å². The Hall–Kier alpha value is -2.13. The molecule has 0 aromatic heterocycles. The van der Waals surface area contributed by atoms with Gasteiger partial charge in [0.15, 0.2) is 0 Å². The van der Waals surface area contributed by atoms with E-state index in [1.807, 2.05) is 36.9 Å². The number of carbonyl (C=O) groups is 1. The van der Waals surface area contributed by atoms with E-state index >= 15 is 0 Å². The van der Waals surface area contributed by atoms with E-state index in [2.05, 4.69) is 43.3 Å². The summed E-state index contributed by atoms with van der Waals surface area (Å²) in [5.74, 6) is 0.192. The zero-order valence-corrected chi connectivity index (χ0v) is 15.8. The van der Waals surface area contributed by atoms with E-state index in [0.29, 0.717) is 0 Å². The van der Waals surface area contributed by atoms with Crippen LogP contribution in [0, 0.1) is 5.92 Å². The molecular formula is C23H27NO2. The van der Waals surface area contributed by atoms with Gasteiger partial charge >= 0.3 is 0 Å². The van der Waals surface area contributed by atoms with Crippen molar-refractivity contribution in [1.29, 1.82) is 0 Å². The van der Waals surface area contributed by atoms with Crippen LogP contribution in [0.15, 0.2) is 54.6 Å². The van der Waals surface area contributed by atoms with Gasteiger partial charge in [0.05, 0.1) is 12.1 Å². The first kappa shape index (κ1) is 17.3. The number of carbonyl (C=O) groups excluding carboxylic acids is 1. The molecule has 1 saturated heterocycles. The Balaban J connectivity index is 1.64. The van der Waals surface area contributed by atoms with Crippen LogP contribution in [0.2, 0.25) is 0 Å². The second-order valence-corrected chi connectivity index (χ2v) is 7.95. The van der Waals surface area contributed by atoms with E-state index in [1.54, 1.807) is 0 Å². The lowest BCUT2D eigenvalue weighted by molar-refractivity contribution is -0.152. The Labute approximate surface area is 156 Å². The highest BCUT2D eigenvalue weighted by molar-refractivity contribution is 5.81. The van der Waals surface area contributed by atoms with E-state index in [-0.39, 0.29) is 24.0 Å². The highest BCUT2D eigenvalue weighted by atomic mass is 16.5. The van der Waals surface area contributed by atoms with E-state index in [4.69, 9.17) is 4.74 Å². The minimum absolute atomic E-state index is 0.0215. The van der Waals surface area contributed by atoms with Crippen molar-refractivity contribution < 1.29 is 9.53 Å². The molecule has 4 rings (SSSR count). The number of fused-ring (bicyclic) bond motifs is 3. The highest BCUT2D eigenvalue weighted by Gasteiger charge is 2.54. The lowest BCUT2D eigenvalue weighted by Gasteiger charge is -2.36. The SMILES string of the molecule is CCC(Cc1ccccc1)C(=O)N1C2c3ccccc3CC2OC1(C)C. The molecule has 2 aliphatic rings. The topological polar surface area (TPSA) is 29.5 Å². The predicted octanol–water partition coefficient (Wildman–Crippen LogP) is 4.52. The fourth-order valence-corrected chi connectivity index (χ4v) is 4.61. The summed E-state index contributed by atoms with van der Waals surface area (Å²) in [7, 11) is 0. The lowest BCUT2D eigenvalue weighted by Crippen LogP contribution is -2.47. The average Bonchev–Trinajstić information content (AvgIpc) is 3.10. The van der Waals surface area contributed by atoms with Crippen LogP contribution in [0.5, 0.6) is 0 Å². The maximum atomic E-state index is 13.6. The van der Waals surface area contributed by atoms with Gasteiger partial charge in [0, 0.05) is 12.3 Å². The smallest absolute Gasteiger partial charge is 0.228 e. The summed E-state index contributed by atoms with van der Waals surface area (Å²) < 4.78 is 6.34. The molecule has 0 saturated carbocycles. The summed E-state index contributed by atoms with van der Waals surface area (Å²) in [5.41, 5.74) is 3.22. The van der Waals surface area contributed by atoms with E-state index < -0.39 is 5.72 Å². The van der Waals surface area contributed by atoms with Gasteiger partial charge < -0.3 is 9.64 Å². The minimum atomic E-state index is -0.565. The van der Waals surface area contributed by atoms with Crippen molar-refractivity contribution in [2.45, 2.75) is 57.9 Å². The van der Waals surface area contributed by atoms with Crippen LogP contribution in [-0.4, -0.2) is 22.6 Å². The van der Waals surface area contributed by atoms with Gasteiger partial charge in [-0.25, -0.2) is 0 Å². The fourth-order valence-electron chi connectivity index (χ4n) is 4.61. The largest absolute Gasteiger partial charge is 0.350 e. The van der Waals surface area contributed by atoms with Gasteiger partial charge in [-0.05, 0) is 43.4 Å². The Kier molecular flexibility index (Phi) is 4.36. The van der Waals surface area contributed by atoms with Crippen molar-refractivity contribution in [1.82, 2.24) is 4.90 Å². The molecule has 1 fully saturated rings. The third-order valence-electron chi connectivity index (χ3n) is 5.85. The van der Waals surface area contributed by atoms with Crippen LogP contribution in [0.25, 0.3) is 0 Å². The molecule has 136 valence electrons. The van der Waals surface area contributed by atoms with Gasteiger partial charge in [-0.2, -0.15) is 0 Å². The van der Waals surface area contributed by atoms with Crippen molar-refractivity contribution in [2.24, 2.45) is 5.92 Å². The molecule has 3 nitrogen and oxygen atoms in total. The number of ether oxygens (including phenoxy) is 1. The van der Waals surface area contributed by atoms with Crippen LogP contribution >= 0.6 is 0 Å². The zero-order chi connectivity index (χ0) is 18.3. The molecule has 1 amide bonds. The summed E-state index contributed by atoms with van der Waals surface area (Å²) >= 11 is 0. The molecular weight excluding hydrogens is 322 g/mol. The van der Waals surface area contributed by atoms with Gasteiger partial charge in [-0.3, -0.25) is 4.79 Å². The first-order valence-electron chi connectivity index (χ1n) is 9.64. The lowest BCUT2D eigenvalue weighted by atomic mass is 9.93. The van der Waals surface area contributed by atoms with Crippen molar-refractivity contribution >= 4 is 5.91 Å². The van der Waals surface area contributed by atoms with Crippen LogP contribution in [0.1, 0.15) is 49.9 Å². The first-order valence-corrected chi connectivity index (χ1v) is 9.64. The Morgan fingerprint density at radius 2 is 1.85 bits per heavy atom. The number of amides is 1. The molecule has 0 radical (unpaired) electrons. The third kappa shape index (κ3) is 2.84. The molecule has 26 heavy (non-hydrogen) atoms.